The molecule has 0 saturated heterocycles. The summed E-state index contributed by atoms with van der Waals surface area (Å²) in [5, 5.41) is 22.2. The number of anilines is 1. The van der Waals surface area contributed by atoms with Crippen molar-refractivity contribution in [1.29, 1.82) is 0 Å². The van der Waals surface area contributed by atoms with Gasteiger partial charge in [-0.1, -0.05) is 13.8 Å². The highest BCUT2D eigenvalue weighted by molar-refractivity contribution is 5.88. The van der Waals surface area contributed by atoms with Gasteiger partial charge in [0.2, 0.25) is 0 Å². The molecule has 0 saturated carbocycles. The van der Waals surface area contributed by atoms with E-state index in [1.165, 1.54) is 12.1 Å². The fraction of sp³-hybridized carbons (Fsp3) is 0.571. The van der Waals surface area contributed by atoms with Gasteiger partial charge >= 0.3 is 5.97 Å². The van der Waals surface area contributed by atoms with E-state index in [4.69, 9.17) is 5.11 Å². The topological polar surface area (TPSA) is 82.5 Å². The molecular formula is C14H22N2O3. The molecule has 0 radical (unpaired) electrons. The third kappa shape index (κ3) is 5.26. The van der Waals surface area contributed by atoms with Crippen LogP contribution in [0.3, 0.4) is 0 Å². The van der Waals surface area contributed by atoms with Crippen LogP contribution in [0, 0.1) is 12.8 Å². The number of pyridine rings is 1. The van der Waals surface area contributed by atoms with E-state index in [9.17, 15) is 9.90 Å². The number of carboxylic acids is 1. The number of carboxylic acid groups (broad SMARTS) is 1. The van der Waals surface area contributed by atoms with Crippen LogP contribution in [0.2, 0.25) is 0 Å². The summed E-state index contributed by atoms with van der Waals surface area (Å²) in [4.78, 5) is 15.2. The molecule has 0 fully saturated rings. The van der Waals surface area contributed by atoms with Gasteiger partial charge in [0.25, 0.3) is 0 Å². The number of aromatic carboxylic acids is 1. The van der Waals surface area contributed by atoms with Crippen LogP contribution in [0.25, 0.3) is 0 Å². The Kier molecular flexibility index (Phi) is 4.89. The van der Waals surface area contributed by atoms with Crippen molar-refractivity contribution in [3.05, 3.63) is 23.4 Å². The van der Waals surface area contributed by atoms with Crippen molar-refractivity contribution in [2.75, 3.05) is 11.9 Å². The molecule has 1 heterocycles. The molecule has 5 nitrogen and oxygen atoms in total. The largest absolute Gasteiger partial charge is 0.478 e. The number of aryl methyl sites for hydroxylation is 1. The summed E-state index contributed by atoms with van der Waals surface area (Å²) >= 11 is 0. The van der Waals surface area contributed by atoms with Crippen LogP contribution in [0.15, 0.2) is 12.1 Å². The minimum absolute atomic E-state index is 0.193. The van der Waals surface area contributed by atoms with Gasteiger partial charge in [0, 0.05) is 12.2 Å². The third-order valence-corrected chi connectivity index (χ3v) is 2.70. The second-order valence-electron chi connectivity index (χ2n) is 5.64. The van der Waals surface area contributed by atoms with Crippen molar-refractivity contribution in [2.45, 2.75) is 39.7 Å². The average Bonchev–Trinajstić information content (AvgIpc) is 2.24. The van der Waals surface area contributed by atoms with Gasteiger partial charge in [-0.3, -0.25) is 0 Å². The molecular weight excluding hydrogens is 244 g/mol. The molecule has 106 valence electrons. The molecule has 1 unspecified atom stereocenters. The van der Waals surface area contributed by atoms with Crippen LogP contribution in [0.5, 0.6) is 0 Å². The van der Waals surface area contributed by atoms with E-state index >= 15 is 0 Å². The van der Waals surface area contributed by atoms with Crippen LogP contribution in [0.1, 0.15) is 43.2 Å². The number of hydrogen-bond donors (Lipinski definition) is 3. The first-order valence-electron chi connectivity index (χ1n) is 6.38. The first-order chi connectivity index (χ1) is 8.69. The van der Waals surface area contributed by atoms with Crippen LogP contribution >= 0.6 is 0 Å². The molecule has 5 heteroatoms. The molecule has 1 aromatic heterocycles. The highest BCUT2D eigenvalue weighted by atomic mass is 16.4. The molecule has 19 heavy (non-hydrogen) atoms. The van der Waals surface area contributed by atoms with Gasteiger partial charge in [-0.05, 0) is 38.3 Å². The Balaban J connectivity index is 2.75. The standard InChI is InChI=1S/C14H22N2O3/c1-9(2)7-14(4,19)8-15-12-6-11(13(17)18)5-10(3)16-12/h5-6,9,19H,7-8H2,1-4H3,(H,15,16)(H,17,18). The highest BCUT2D eigenvalue weighted by Gasteiger charge is 2.21. The molecule has 1 aromatic rings. The van der Waals surface area contributed by atoms with Crippen molar-refractivity contribution in [3.8, 4) is 0 Å². The van der Waals surface area contributed by atoms with Crippen molar-refractivity contribution < 1.29 is 15.0 Å². The lowest BCUT2D eigenvalue weighted by Gasteiger charge is -2.26. The molecule has 0 spiro atoms. The second kappa shape index (κ2) is 6.02. The van der Waals surface area contributed by atoms with E-state index < -0.39 is 11.6 Å². The maximum Gasteiger partial charge on any atom is 0.335 e. The SMILES string of the molecule is Cc1cc(C(=O)O)cc(NCC(C)(O)CC(C)C)n1. The molecule has 1 atom stereocenters. The van der Waals surface area contributed by atoms with E-state index in [1.54, 1.807) is 13.8 Å². The van der Waals surface area contributed by atoms with E-state index in [2.05, 4.69) is 10.3 Å². The Morgan fingerprint density at radius 1 is 1.47 bits per heavy atom. The van der Waals surface area contributed by atoms with Gasteiger partial charge in [0.05, 0.1) is 11.2 Å². The van der Waals surface area contributed by atoms with Gasteiger partial charge in [-0.2, -0.15) is 0 Å². The summed E-state index contributed by atoms with van der Waals surface area (Å²) in [6.45, 7) is 7.92. The lowest BCUT2D eigenvalue weighted by atomic mass is 9.94. The number of aromatic nitrogens is 1. The fourth-order valence-electron chi connectivity index (χ4n) is 2.12. The fourth-order valence-corrected chi connectivity index (χ4v) is 2.12. The average molecular weight is 266 g/mol. The Bertz CT molecular complexity index is 456. The van der Waals surface area contributed by atoms with Gasteiger partial charge in [-0.15, -0.1) is 0 Å². The lowest BCUT2D eigenvalue weighted by molar-refractivity contribution is 0.0514. The summed E-state index contributed by atoms with van der Waals surface area (Å²) in [7, 11) is 0. The van der Waals surface area contributed by atoms with E-state index in [0.29, 0.717) is 30.4 Å². The predicted molar refractivity (Wildman–Crippen MR) is 74.5 cm³/mol. The molecule has 0 aliphatic heterocycles. The Labute approximate surface area is 113 Å². The normalized spacial score (nSPS) is 14.2. The maximum absolute atomic E-state index is 10.9. The minimum atomic E-state index is -0.984. The highest BCUT2D eigenvalue weighted by Crippen LogP contribution is 2.18. The van der Waals surface area contributed by atoms with Gasteiger partial charge in [-0.25, -0.2) is 9.78 Å². The number of nitrogens with zero attached hydrogens (tertiary/aromatic N) is 1. The van der Waals surface area contributed by atoms with E-state index in [1.807, 2.05) is 13.8 Å². The zero-order valence-corrected chi connectivity index (χ0v) is 11.9. The number of hydrogen-bond acceptors (Lipinski definition) is 4. The Morgan fingerprint density at radius 3 is 2.63 bits per heavy atom. The summed E-state index contributed by atoms with van der Waals surface area (Å²) in [5.41, 5.74) is -0.0207. The summed E-state index contributed by atoms with van der Waals surface area (Å²) in [5.74, 6) is -0.124. The maximum atomic E-state index is 10.9. The monoisotopic (exact) mass is 266 g/mol. The van der Waals surface area contributed by atoms with Crippen LogP contribution in [-0.4, -0.2) is 33.3 Å². The summed E-state index contributed by atoms with van der Waals surface area (Å²) in [6, 6.07) is 2.99. The van der Waals surface area contributed by atoms with E-state index in [0.717, 1.165) is 0 Å². The smallest absolute Gasteiger partial charge is 0.335 e. The van der Waals surface area contributed by atoms with Crippen LogP contribution in [-0.2, 0) is 0 Å². The van der Waals surface area contributed by atoms with Crippen molar-refractivity contribution in [1.82, 2.24) is 4.98 Å². The summed E-state index contributed by atoms with van der Waals surface area (Å²) < 4.78 is 0. The van der Waals surface area contributed by atoms with Gasteiger partial charge < -0.3 is 15.5 Å². The number of rotatable bonds is 6. The number of carbonyl (C=O) groups is 1. The molecule has 1 rings (SSSR count). The molecule has 0 aliphatic carbocycles. The van der Waals surface area contributed by atoms with Crippen LogP contribution < -0.4 is 5.32 Å². The summed E-state index contributed by atoms with van der Waals surface area (Å²) in [6.07, 6.45) is 0.664. The van der Waals surface area contributed by atoms with Crippen LogP contribution in [0.4, 0.5) is 5.82 Å². The first-order valence-corrected chi connectivity index (χ1v) is 6.38. The Hall–Kier alpha value is -1.62. The molecule has 0 aliphatic rings. The van der Waals surface area contributed by atoms with Crippen molar-refractivity contribution in [2.24, 2.45) is 5.92 Å². The molecule has 0 aromatic carbocycles. The number of nitrogens with one attached hydrogen (secondary N) is 1. The number of aliphatic hydroxyl groups is 1. The zero-order chi connectivity index (χ0) is 14.6. The van der Waals surface area contributed by atoms with Crippen molar-refractivity contribution in [3.63, 3.8) is 0 Å². The van der Waals surface area contributed by atoms with E-state index in [-0.39, 0.29) is 5.56 Å². The van der Waals surface area contributed by atoms with Crippen molar-refractivity contribution >= 4 is 11.8 Å². The zero-order valence-electron chi connectivity index (χ0n) is 11.9. The van der Waals surface area contributed by atoms with Gasteiger partial charge in [0.1, 0.15) is 5.82 Å². The Morgan fingerprint density at radius 2 is 2.11 bits per heavy atom. The quantitative estimate of drug-likeness (QED) is 0.736. The second-order valence-corrected chi connectivity index (χ2v) is 5.64. The third-order valence-electron chi connectivity index (χ3n) is 2.70. The predicted octanol–water partition coefficient (Wildman–Crippen LogP) is 2.30. The minimum Gasteiger partial charge on any atom is -0.478 e. The molecule has 0 bridgehead atoms. The molecule has 3 N–H and O–H groups in total. The molecule has 0 amide bonds. The van der Waals surface area contributed by atoms with Gasteiger partial charge in [0.15, 0.2) is 0 Å². The first kappa shape index (κ1) is 15.4. The lowest BCUT2D eigenvalue weighted by Crippen LogP contribution is -2.35.